The topological polar surface area (TPSA) is 74.0 Å². The first-order valence-electron chi connectivity index (χ1n) is 6.79. The second-order valence-corrected chi connectivity index (χ2v) is 4.66. The zero-order chi connectivity index (χ0) is 15.1. The summed E-state index contributed by atoms with van der Waals surface area (Å²) in [4.78, 5) is 26.4. The number of urea groups is 1. The molecule has 112 valence electrons. The van der Waals surface area contributed by atoms with Gasteiger partial charge in [0.15, 0.2) is 0 Å². The minimum Gasteiger partial charge on any atom is -0.480 e. The number of nitrogens with zero attached hydrogens (tertiary/aromatic N) is 2. The lowest BCUT2D eigenvalue weighted by atomic mass is 10.2. The van der Waals surface area contributed by atoms with Gasteiger partial charge in [0, 0.05) is 12.6 Å². The van der Waals surface area contributed by atoms with Gasteiger partial charge in [-0.3, -0.25) is 4.79 Å². The smallest absolute Gasteiger partial charge is 0.323 e. The molecule has 0 bridgehead atoms. The Kier molecular flexibility index (Phi) is 6.09. The van der Waals surface area contributed by atoms with Crippen LogP contribution in [0.3, 0.4) is 0 Å². The molecule has 1 aromatic rings. The molecule has 0 saturated heterocycles. The number of hydrogen-bond acceptors (Lipinski definition) is 3. The summed E-state index contributed by atoms with van der Waals surface area (Å²) in [6.07, 6.45) is 2.26. The van der Waals surface area contributed by atoms with Gasteiger partial charge in [0.2, 0.25) is 0 Å². The number of furan rings is 1. The van der Waals surface area contributed by atoms with E-state index >= 15 is 0 Å². The van der Waals surface area contributed by atoms with Crippen LogP contribution in [0.15, 0.2) is 22.8 Å². The molecule has 1 rings (SSSR count). The molecule has 2 amide bonds. The molecule has 1 heterocycles. The predicted octanol–water partition coefficient (Wildman–Crippen LogP) is 2.41. The van der Waals surface area contributed by atoms with Crippen LogP contribution in [-0.2, 0) is 11.3 Å². The van der Waals surface area contributed by atoms with Gasteiger partial charge in [0.25, 0.3) is 0 Å². The van der Waals surface area contributed by atoms with Crippen molar-refractivity contribution in [3.63, 3.8) is 0 Å². The zero-order valence-electron chi connectivity index (χ0n) is 12.2. The number of rotatable bonds is 7. The second-order valence-electron chi connectivity index (χ2n) is 4.66. The fourth-order valence-corrected chi connectivity index (χ4v) is 1.87. The van der Waals surface area contributed by atoms with Crippen LogP contribution in [0, 0.1) is 0 Å². The Labute approximate surface area is 119 Å². The van der Waals surface area contributed by atoms with Crippen molar-refractivity contribution in [1.29, 1.82) is 0 Å². The summed E-state index contributed by atoms with van der Waals surface area (Å²) < 4.78 is 5.23. The highest BCUT2D eigenvalue weighted by atomic mass is 16.4. The summed E-state index contributed by atoms with van der Waals surface area (Å²) in [5.41, 5.74) is 0. The molecule has 0 aliphatic carbocycles. The molecule has 1 unspecified atom stereocenters. The van der Waals surface area contributed by atoms with E-state index in [1.54, 1.807) is 23.3 Å². The van der Waals surface area contributed by atoms with Gasteiger partial charge in [-0.15, -0.1) is 0 Å². The second kappa shape index (κ2) is 7.57. The van der Waals surface area contributed by atoms with E-state index in [-0.39, 0.29) is 18.6 Å². The van der Waals surface area contributed by atoms with E-state index in [0.717, 1.165) is 0 Å². The fourth-order valence-electron chi connectivity index (χ4n) is 1.87. The van der Waals surface area contributed by atoms with Crippen LogP contribution in [0.5, 0.6) is 0 Å². The van der Waals surface area contributed by atoms with Crippen molar-refractivity contribution in [3.8, 4) is 0 Å². The van der Waals surface area contributed by atoms with Crippen LogP contribution in [0.25, 0.3) is 0 Å². The lowest BCUT2D eigenvalue weighted by Crippen LogP contribution is -2.48. The Bertz CT molecular complexity index is 430. The van der Waals surface area contributed by atoms with Crippen LogP contribution >= 0.6 is 0 Å². The molecule has 0 aromatic carbocycles. The summed E-state index contributed by atoms with van der Waals surface area (Å²) in [6.45, 7) is 6.18. The molecule has 1 N–H and O–H groups in total. The zero-order valence-corrected chi connectivity index (χ0v) is 12.2. The lowest BCUT2D eigenvalue weighted by Gasteiger charge is -2.32. The van der Waals surface area contributed by atoms with E-state index in [9.17, 15) is 9.59 Å². The van der Waals surface area contributed by atoms with E-state index < -0.39 is 5.97 Å². The fraction of sp³-hybridized carbons (Fsp3) is 0.571. The van der Waals surface area contributed by atoms with Crippen molar-refractivity contribution in [2.24, 2.45) is 0 Å². The Morgan fingerprint density at radius 1 is 1.40 bits per heavy atom. The van der Waals surface area contributed by atoms with E-state index in [0.29, 0.717) is 25.3 Å². The van der Waals surface area contributed by atoms with Crippen LogP contribution in [0.2, 0.25) is 0 Å². The number of carbonyl (C=O) groups is 2. The van der Waals surface area contributed by atoms with Crippen LogP contribution < -0.4 is 0 Å². The van der Waals surface area contributed by atoms with Crippen molar-refractivity contribution in [2.75, 3.05) is 13.1 Å². The van der Waals surface area contributed by atoms with Gasteiger partial charge in [-0.2, -0.15) is 0 Å². The highest BCUT2D eigenvalue weighted by Gasteiger charge is 2.26. The molecule has 0 saturated carbocycles. The van der Waals surface area contributed by atoms with Crippen molar-refractivity contribution in [3.05, 3.63) is 24.2 Å². The number of hydrogen-bond donors (Lipinski definition) is 1. The minimum atomic E-state index is -1.01. The van der Waals surface area contributed by atoms with Gasteiger partial charge < -0.3 is 19.3 Å². The van der Waals surface area contributed by atoms with Crippen LogP contribution in [0.1, 0.15) is 33.0 Å². The Hall–Kier alpha value is -1.98. The Morgan fingerprint density at radius 2 is 2.10 bits per heavy atom. The van der Waals surface area contributed by atoms with Gasteiger partial charge >= 0.3 is 12.0 Å². The summed E-state index contributed by atoms with van der Waals surface area (Å²) in [6, 6.07) is 3.16. The normalized spacial score (nSPS) is 11.9. The molecular formula is C14H22N2O4. The van der Waals surface area contributed by atoms with Crippen molar-refractivity contribution in [1.82, 2.24) is 9.80 Å². The van der Waals surface area contributed by atoms with Gasteiger partial charge in [-0.25, -0.2) is 4.79 Å². The summed E-state index contributed by atoms with van der Waals surface area (Å²) >= 11 is 0. The monoisotopic (exact) mass is 282 g/mol. The maximum absolute atomic E-state index is 12.5. The maximum atomic E-state index is 12.5. The molecule has 6 heteroatoms. The molecule has 0 radical (unpaired) electrons. The summed E-state index contributed by atoms with van der Waals surface area (Å²) in [5, 5.41) is 8.96. The van der Waals surface area contributed by atoms with Gasteiger partial charge in [-0.05, 0) is 32.4 Å². The lowest BCUT2D eigenvalue weighted by molar-refractivity contribution is -0.138. The van der Waals surface area contributed by atoms with Gasteiger partial charge in [-0.1, -0.05) is 6.92 Å². The molecular weight excluding hydrogens is 260 g/mol. The SMILES string of the molecule is CCC(C)N(CC(=O)O)C(=O)N(CC)Cc1ccco1. The van der Waals surface area contributed by atoms with Crippen LogP contribution in [-0.4, -0.2) is 46.0 Å². The highest BCUT2D eigenvalue weighted by Crippen LogP contribution is 2.12. The number of carboxylic acid groups (broad SMARTS) is 1. The number of carboxylic acids is 1. The van der Waals surface area contributed by atoms with Crippen molar-refractivity contribution >= 4 is 12.0 Å². The average molecular weight is 282 g/mol. The first kappa shape index (κ1) is 16.1. The molecule has 1 aromatic heterocycles. The first-order chi connectivity index (χ1) is 9.49. The van der Waals surface area contributed by atoms with E-state index in [2.05, 4.69) is 0 Å². The molecule has 6 nitrogen and oxygen atoms in total. The van der Waals surface area contributed by atoms with Gasteiger partial charge in [0.05, 0.1) is 12.8 Å². The molecule has 20 heavy (non-hydrogen) atoms. The van der Waals surface area contributed by atoms with Gasteiger partial charge in [0.1, 0.15) is 12.3 Å². The summed E-state index contributed by atoms with van der Waals surface area (Å²) in [7, 11) is 0. The number of amides is 2. The quantitative estimate of drug-likeness (QED) is 0.833. The molecule has 1 atom stereocenters. The highest BCUT2D eigenvalue weighted by molar-refractivity contribution is 5.80. The largest absolute Gasteiger partial charge is 0.480 e. The third-order valence-electron chi connectivity index (χ3n) is 3.25. The van der Waals surface area contributed by atoms with E-state index in [4.69, 9.17) is 9.52 Å². The van der Waals surface area contributed by atoms with Crippen molar-refractivity contribution in [2.45, 2.75) is 39.8 Å². The van der Waals surface area contributed by atoms with Crippen molar-refractivity contribution < 1.29 is 19.1 Å². The molecule has 0 aliphatic heterocycles. The number of carbonyl (C=O) groups excluding carboxylic acids is 1. The summed E-state index contributed by atoms with van der Waals surface area (Å²) in [5.74, 6) is -0.327. The molecule has 0 aliphatic rings. The Morgan fingerprint density at radius 3 is 2.55 bits per heavy atom. The third kappa shape index (κ3) is 4.29. The predicted molar refractivity (Wildman–Crippen MR) is 74.3 cm³/mol. The maximum Gasteiger partial charge on any atom is 0.323 e. The molecule has 0 fully saturated rings. The third-order valence-corrected chi connectivity index (χ3v) is 3.25. The van der Waals surface area contributed by atoms with E-state index in [1.807, 2.05) is 20.8 Å². The molecule has 0 spiro atoms. The van der Waals surface area contributed by atoms with E-state index in [1.165, 1.54) is 4.90 Å². The standard InChI is InChI=1S/C14H22N2O4/c1-4-11(3)16(10-13(17)18)14(19)15(5-2)9-12-7-6-8-20-12/h6-8,11H,4-5,9-10H2,1-3H3,(H,17,18). The Balaban J connectivity index is 2.81. The first-order valence-corrected chi connectivity index (χ1v) is 6.79. The van der Waals surface area contributed by atoms with Crippen LogP contribution in [0.4, 0.5) is 4.79 Å². The minimum absolute atomic E-state index is 0.121. The number of aliphatic carboxylic acids is 1. The average Bonchev–Trinajstić information content (AvgIpc) is 2.93.